The first-order chi connectivity index (χ1) is 8.20. The van der Waals surface area contributed by atoms with Crippen LogP contribution in [0.5, 0.6) is 0 Å². The highest BCUT2D eigenvalue weighted by molar-refractivity contribution is 5.81. The van der Waals surface area contributed by atoms with Gasteiger partial charge in [0.1, 0.15) is 0 Å². The predicted octanol–water partition coefficient (Wildman–Crippen LogP) is 2.38. The van der Waals surface area contributed by atoms with Crippen LogP contribution in [0.3, 0.4) is 0 Å². The van der Waals surface area contributed by atoms with Crippen molar-refractivity contribution in [3.8, 4) is 0 Å². The molecule has 0 heterocycles. The van der Waals surface area contributed by atoms with E-state index in [1.165, 1.54) is 6.08 Å². The first-order valence-corrected chi connectivity index (χ1v) is 5.82. The third kappa shape index (κ3) is 10.7. The van der Waals surface area contributed by atoms with E-state index in [0.717, 1.165) is 32.2 Å². The van der Waals surface area contributed by atoms with Crippen molar-refractivity contribution in [3.05, 3.63) is 25.1 Å². The molecule has 0 saturated heterocycles. The first-order valence-electron chi connectivity index (χ1n) is 5.82. The molecule has 0 unspecified atom stereocenters. The normalized spacial score (nSPS) is 10.2. The van der Waals surface area contributed by atoms with Gasteiger partial charge in [-0.1, -0.05) is 13.0 Å². The van der Waals surface area contributed by atoms with Gasteiger partial charge in [-0.3, -0.25) is 4.99 Å². The quantitative estimate of drug-likeness (QED) is 0.254. The van der Waals surface area contributed by atoms with Gasteiger partial charge in [-0.05, 0) is 26.0 Å². The van der Waals surface area contributed by atoms with Crippen LogP contribution in [0.2, 0.25) is 0 Å². The van der Waals surface area contributed by atoms with E-state index in [1.807, 2.05) is 13.2 Å². The minimum atomic E-state index is -0.341. The third-order valence-electron chi connectivity index (χ3n) is 2.24. The second kappa shape index (κ2) is 10.9. The van der Waals surface area contributed by atoms with Crippen LogP contribution in [0.1, 0.15) is 25.7 Å². The van der Waals surface area contributed by atoms with Gasteiger partial charge in [-0.15, -0.1) is 0 Å². The Balaban J connectivity index is 3.28. The van der Waals surface area contributed by atoms with Gasteiger partial charge < -0.3 is 9.64 Å². The summed E-state index contributed by atoms with van der Waals surface area (Å²) in [4.78, 5) is 16.4. The predicted molar refractivity (Wildman–Crippen MR) is 70.9 cm³/mol. The Kier molecular flexibility index (Phi) is 9.91. The van der Waals surface area contributed by atoms with Gasteiger partial charge in [-0.25, -0.2) is 4.79 Å². The highest BCUT2D eigenvalue weighted by atomic mass is 16.5. The van der Waals surface area contributed by atoms with Crippen LogP contribution in [-0.2, 0) is 9.53 Å². The number of carbonyl (C=O) groups excluding carboxylic acids is 1. The third-order valence-corrected chi connectivity index (χ3v) is 2.24. The highest BCUT2D eigenvalue weighted by Crippen LogP contribution is 2.02. The molecule has 4 heteroatoms. The number of hydrogen-bond acceptors (Lipinski definition) is 4. The molecule has 0 bridgehead atoms. The molecule has 4 nitrogen and oxygen atoms in total. The fourth-order valence-electron chi connectivity index (χ4n) is 1.28. The molecule has 17 heavy (non-hydrogen) atoms. The van der Waals surface area contributed by atoms with E-state index in [9.17, 15) is 4.79 Å². The summed E-state index contributed by atoms with van der Waals surface area (Å²) < 4.78 is 4.87. The van der Waals surface area contributed by atoms with Gasteiger partial charge in [0, 0.05) is 32.1 Å². The molecule has 0 spiro atoms. The van der Waals surface area contributed by atoms with E-state index in [0.29, 0.717) is 6.61 Å². The molecule has 0 aromatic carbocycles. The summed E-state index contributed by atoms with van der Waals surface area (Å²) in [6, 6.07) is 0. The van der Waals surface area contributed by atoms with Crippen molar-refractivity contribution in [3.63, 3.8) is 0 Å². The minimum absolute atomic E-state index is 0.341. The second-order valence-corrected chi connectivity index (χ2v) is 3.75. The maximum atomic E-state index is 10.7. The Bertz CT molecular complexity index is 262. The number of esters is 1. The molecule has 0 aliphatic carbocycles. The summed E-state index contributed by atoms with van der Waals surface area (Å²) in [5.41, 5.74) is 0. The van der Waals surface area contributed by atoms with E-state index in [4.69, 9.17) is 4.74 Å². The molecule has 0 fully saturated rings. The lowest BCUT2D eigenvalue weighted by Gasteiger charge is -2.12. The van der Waals surface area contributed by atoms with E-state index < -0.39 is 0 Å². The monoisotopic (exact) mass is 238 g/mol. The average Bonchev–Trinajstić information content (AvgIpc) is 2.34. The summed E-state index contributed by atoms with van der Waals surface area (Å²) >= 11 is 0. The zero-order valence-electron chi connectivity index (χ0n) is 10.6. The maximum Gasteiger partial charge on any atom is 0.330 e. The van der Waals surface area contributed by atoms with Gasteiger partial charge in [-0.2, -0.15) is 0 Å². The zero-order valence-corrected chi connectivity index (χ0v) is 10.6. The molecule has 0 N–H and O–H groups in total. The van der Waals surface area contributed by atoms with Crippen molar-refractivity contribution in [2.45, 2.75) is 25.7 Å². The molecule has 0 aromatic heterocycles. The molecule has 0 aromatic rings. The fourth-order valence-corrected chi connectivity index (χ4v) is 1.28. The fraction of sp³-hybridized carbons (Fsp3) is 0.538. The smallest absolute Gasteiger partial charge is 0.330 e. The number of aliphatic imine (C=N–C) groups is 1. The molecule has 0 rings (SSSR count). The Hall–Kier alpha value is -1.58. The Morgan fingerprint density at radius 2 is 2.06 bits per heavy atom. The molecular formula is C13H22N2O2. The molecule has 0 aliphatic heterocycles. The van der Waals surface area contributed by atoms with Gasteiger partial charge in [0.2, 0.25) is 0 Å². The van der Waals surface area contributed by atoms with Crippen molar-refractivity contribution < 1.29 is 9.53 Å². The van der Waals surface area contributed by atoms with Gasteiger partial charge in [0.25, 0.3) is 0 Å². The largest absolute Gasteiger partial charge is 0.463 e. The molecule has 0 amide bonds. The molecule has 0 saturated carbocycles. The SMILES string of the molecule is C=CC(=O)OCCCCCCN(C)/C=C\N=C. The summed E-state index contributed by atoms with van der Waals surface area (Å²) in [7, 11) is 2.01. The number of hydrogen-bond donors (Lipinski definition) is 0. The van der Waals surface area contributed by atoms with Crippen molar-refractivity contribution in [2.24, 2.45) is 4.99 Å². The van der Waals surface area contributed by atoms with Crippen LogP contribution < -0.4 is 0 Å². The van der Waals surface area contributed by atoms with Crippen molar-refractivity contribution in [1.29, 1.82) is 0 Å². The van der Waals surface area contributed by atoms with Crippen LogP contribution in [0, 0.1) is 0 Å². The topological polar surface area (TPSA) is 41.9 Å². The van der Waals surface area contributed by atoms with E-state index in [2.05, 4.69) is 23.2 Å². The average molecular weight is 238 g/mol. The maximum absolute atomic E-state index is 10.7. The molecule has 96 valence electrons. The van der Waals surface area contributed by atoms with E-state index >= 15 is 0 Å². The van der Waals surface area contributed by atoms with E-state index in [-0.39, 0.29) is 5.97 Å². The lowest BCUT2D eigenvalue weighted by molar-refractivity contribution is -0.137. The lowest BCUT2D eigenvalue weighted by Crippen LogP contribution is -2.11. The van der Waals surface area contributed by atoms with Crippen molar-refractivity contribution in [1.82, 2.24) is 4.90 Å². The van der Waals surface area contributed by atoms with Crippen LogP contribution >= 0.6 is 0 Å². The van der Waals surface area contributed by atoms with Gasteiger partial charge in [0.05, 0.1) is 6.61 Å². The molecular weight excluding hydrogens is 216 g/mol. The van der Waals surface area contributed by atoms with Crippen LogP contribution in [-0.4, -0.2) is 37.8 Å². The van der Waals surface area contributed by atoms with Gasteiger partial charge >= 0.3 is 5.97 Å². The second-order valence-electron chi connectivity index (χ2n) is 3.75. The molecule has 0 radical (unpaired) electrons. The van der Waals surface area contributed by atoms with Crippen LogP contribution in [0.15, 0.2) is 30.0 Å². The minimum Gasteiger partial charge on any atom is -0.463 e. The highest BCUT2D eigenvalue weighted by Gasteiger charge is 1.96. The van der Waals surface area contributed by atoms with Gasteiger partial charge in [0.15, 0.2) is 0 Å². The van der Waals surface area contributed by atoms with E-state index in [1.54, 1.807) is 6.20 Å². The first kappa shape index (κ1) is 15.4. The molecule has 0 atom stereocenters. The van der Waals surface area contributed by atoms with Crippen molar-refractivity contribution in [2.75, 3.05) is 20.2 Å². The standard InChI is InChI=1S/C13H22N2O2/c1-4-13(16)17-12-8-6-5-7-10-15(3)11-9-14-2/h4,9,11H,1-2,5-8,10,12H2,3H3/b11-9-. The summed E-state index contributed by atoms with van der Waals surface area (Å²) in [6.07, 6.45) is 9.00. The number of carbonyl (C=O) groups is 1. The van der Waals surface area contributed by atoms with Crippen LogP contribution in [0.4, 0.5) is 0 Å². The Morgan fingerprint density at radius 3 is 2.71 bits per heavy atom. The number of unbranched alkanes of at least 4 members (excludes halogenated alkanes) is 3. The Labute approximate surface area is 104 Å². The summed E-state index contributed by atoms with van der Waals surface area (Å²) in [5.74, 6) is -0.341. The van der Waals surface area contributed by atoms with Crippen LogP contribution in [0.25, 0.3) is 0 Å². The summed E-state index contributed by atoms with van der Waals surface area (Å²) in [6.45, 7) is 8.19. The number of nitrogens with zero attached hydrogens (tertiary/aromatic N) is 2. The number of rotatable bonds is 10. The lowest BCUT2D eigenvalue weighted by atomic mass is 10.2. The van der Waals surface area contributed by atoms with Crippen molar-refractivity contribution >= 4 is 12.7 Å². The number of ether oxygens (including phenoxy) is 1. The summed E-state index contributed by atoms with van der Waals surface area (Å²) in [5, 5.41) is 0. The Morgan fingerprint density at radius 1 is 1.35 bits per heavy atom. The molecule has 0 aliphatic rings. The zero-order chi connectivity index (χ0) is 12.9.